The summed E-state index contributed by atoms with van der Waals surface area (Å²) in [4.78, 5) is 12.3. The van der Waals surface area contributed by atoms with Crippen LogP contribution in [0.25, 0.3) is 0 Å². The molecule has 2 rings (SSSR count). The Morgan fingerprint density at radius 3 is 2.78 bits per heavy atom. The Morgan fingerprint density at radius 1 is 1.33 bits per heavy atom. The number of aromatic hydroxyl groups is 1. The number of phenolic OH excluding ortho intramolecular Hbond substituents is 1. The van der Waals surface area contributed by atoms with E-state index in [2.05, 4.69) is 18.0 Å². The monoisotopic (exact) mass is 364 g/mol. The van der Waals surface area contributed by atoms with Crippen molar-refractivity contribution in [1.82, 2.24) is 5.32 Å². The first-order valence-corrected chi connectivity index (χ1v) is 8.85. The molecule has 0 aliphatic rings. The molecule has 0 fully saturated rings. The van der Waals surface area contributed by atoms with Gasteiger partial charge in [0, 0.05) is 12.1 Å². The van der Waals surface area contributed by atoms with E-state index in [9.17, 15) is 15.2 Å². The number of nitriles is 1. The maximum atomic E-state index is 12.3. The summed E-state index contributed by atoms with van der Waals surface area (Å²) in [6.07, 6.45) is 2.91. The number of ether oxygens (including phenoxy) is 1. The zero-order chi connectivity index (χ0) is 19.8. The van der Waals surface area contributed by atoms with Crippen molar-refractivity contribution in [3.63, 3.8) is 0 Å². The highest BCUT2D eigenvalue weighted by molar-refractivity contribution is 5.94. The predicted octanol–water partition coefficient (Wildman–Crippen LogP) is 3.75. The molecule has 2 aromatic rings. The van der Waals surface area contributed by atoms with Gasteiger partial charge in [0.15, 0.2) is 0 Å². The quantitative estimate of drug-likeness (QED) is 0.699. The molecule has 2 aromatic carbocycles. The second kappa shape index (κ2) is 9.44. The van der Waals surface area contributed by atoms with Crippen molar-refractivity contribution in [2.45, 2.75) is 32.8 Å². The van der Waals surface area contributed by atoms with Gasteiger partial charge in [-0.2, -0.15) is 5.26 Å². The molecule has 0 saturated carbocycles. The van der Waals surface area contributed by atoms with Crippen molar-refractivity contribution >= 4 is 5.91 Å². The van der Waals surface area contributed by atoms with Crippen molar-refractivity contribution in [2.24, 2.45) is 0 Å². The Bertz CT molecular complexity index is 866. The number of carbonyl (C=O) groups excluding carboxylic acids is 1. The molecule has 1 amide bonds. The highest BCUT2D eigenvalue weighted by Crippen LogP contribution is 2.21. The normalized spacial score (nSPS) is 10.3. The molecule has 0 unspecified atom stereocenters. The van der Waals surface area contributed by atoms with Gasteiger partial charge < -0.3 is 15.2 Å². The molecule has 0 spiro atoms. The van der Waals surface area contributed by atoms with Gasteiger partial charge in [0.2, 0.25) is 0 Å². The number of benzene rings is 2. The molecular weight excluding hydrogens is 340 g/mol. The summed E-state index contributed by atoms with van der Waals surface area (Å²) in [5, 5.41) is 21.9. The molecule has 0 aromatic heterocycles. The molecule has 0 saturated heterocycles. The minimum absolute atomic E-state index is 0.0481. The topological polar surface area (TPSA) is 82.3 Å². The van der Waals surface area contributed by atoms with Crippen molar-refractivity contribution in [1.29, 1.82) is 5.26 Å². The summed E-state index contributed by atoms with van der Waals surface area (Å²) in [6, 6.07) is 12.3. The fraction of sp³-hybridized carbons (Fsp3) is 0.273. The maximum Gasteiger partial charge on any atom is 0.251 e. The number of hydrogen-bond acceptors (Lipinski definition) is 4. The van der Waals surface area contributed by atoms with Crippen LogP contribution in [0.4, 0.5) is 0 Å². The lowest BCUT2D eigenvalue weighted by Gasteiger charge is -2.12. The lowest BCUT2D eigenvalue weighted by Crippen LogP contribution is -2.25. The minimum Gasteiger partial charge on any atom is -0.508 e. The molecular formula is C22H24N2O3. The SMILES string of the molecule is C=CCc1cc(CCNC(=O)c2ccc(OC(C)C)c(C#N)c2)ccc1O. The summed E-state index contributed by atoms with van der Waals surface area (Å²) in [5.41, 5.74) is 2.58. The fourth-order valence-electron chi connectivity index (χ4n) is 2.65. The molecule has 0 heterocycles. The largest absolute Gasteiger partial charge is 0.508 e. The van der Waals surface area contributed by atoms with Crippen LogP contribution in [0.3, 0.4) is 0 Å². The number of nitrogens with zero attached hydrogens (tertiary/aromatic N) is 1. The number of carbonyl (C=O) groups is 1. The molecule has 140 valence electrons. The number of amides is 1. The average molecular weight is 364 g/mol. The van der Waals surface area contributed by atoms with Gasteiger partial charge in [-0.15, -0.1) is 6.58 Å². The first kappa shape index (κ1) is 20.1. The van der Waals surface area contributed by atoms with Crippen LogP contribution in [0.15, 0.2) is 49.1 Å². The first-order valence-electron chi connectivity index (χ1n) is 8.85. The van der Waals surface area contributed by atoms with Crippen molar-refractivity contribution < 1.29 is 14.6 Å². The van der Waals surface area contributed by atoms with Crippen LogP contribution in [0.1, 0.15) is 40.9 Å². The predicted molar refractivity (Wildman–Crippen MR) is 105 cm³/mol. The fourth-order valence-corrected chi connectivity index (χ4v) is 2.65. The zero-order valence-corrected chi connectivity index (χ0v) is 15.7. The first-order chi connectivity index (χ1) is 12.9. The van der Waals surface area contributed by atoms with Gasteiger partial charge in [0.1, 0.15) is 17.6 Å². The Labute approximate surface area is 159 Å². The highest BCUT2D eigenvalue weighted by atomic mass is 16.5. The van der Waals surface area contributed by atoms with Crippen LogP contribution in [-0.2, 0) is 12.8 Å². The van der Waals surface area contributed by atoms with E-state index in [1.807, 2.05) is 26.0 Å². The number of hydrogen-bond donors (Lipinski definition) is 2. The standard InChI is InChI=1S/C22H24N2O3/c1-4-5-17-12-16(6-8-20(17)25)10-11-24-22(26)18-7-9-21(27-15(2)3)19(13-18)14-23/h4,6-9,12-13,15,25H,1,5,10-11H2,2-3H3,(H,24,26). The second-order valence-corrected chi connectivity index (χ2v) is 6.45. The number of rotatable bonds is 8. The Kier molecular flexibility index (Phi) is 7.01. The summed E-state index contributed by atoms with van der Waals surface area (Å²) < 4.78 is 5.57. The average Bonchev–Trinajstić information content (AvgIpc) is 2.64. The van der Waals surface area contributed by atoms with Gasteiger partial charge >= 0.3 is 0 Å². The summed E-state index contributed by atoms with van der Waals surface area (Å²) in [7, 11) is 0. The summed E-state index contributed by atoms with van der Waals surface area (Å²) in [6.45, 7) is 7.89. The Hall–Kier alpha value is -3.26. The maximum absolute atomic E-state index is 12.3. The second-order valence-electron chi connectivity index (χ2n) is 6.45. The lowest BCUT2D eigenvalue weighted by atomic mass is 10.0. The molecule has 0 aliphatic carbocycles. The van der Waals surface area contributed by atoms with Crippen LogP contribution >= 0.6 is 0 Å². The minimum atomic E-state index is -0.243. The van der Waals surface area contributed by atoms with E-state index in [1.165, 1.54) is 6.07 Å². The molecule has 27 heavy (non-hydrogen) atoms. The molecule has 0 aliphatic heterocycles. The molecule has 5 heteroatoms. The van der Waals surface area contributed by atoms with Gasteiger partial charge in [0.25, 0.3) is 5.91 Å². The highest BCUT2D eigenvalue weighted by Gasteiger charge is 2.11. The van der Waals surface area contributed by atoms with E-state index in [-0.39, 0.29) is 17.8 Å². The van der Waals surface area contributed by atoms with E-state index in [0.29, 0.717) is 36.3 Å². The Morgan fingerprint density at radius 2 is 2.11 bits per heavy atom. The molecule has 5 nitrogen and oxygen atoms in total. The smallest absolute Gasteiger partial charge is 0.251 e. The van der Waals surface area contributed by atoms with E-state index < -0.39 is 0 Å². The third kappa shape index (κ3) is 5.61. The molecule has 0 bridgehead atoms. The van der Waals surface area contributed by atoms with Crippen molar-refractivity contribution in [3.05, 3.63) is 71.3 Å². The van der Waals surface area contributed by atoms with Crippen molar-refractivity contribution in [3.8, 4) is 17.6 Å². The lowest BCUT2D eigenvalue weighted by molar-refractivity contribution is 0.0954. The van der Waals surface area contributed by atoms with E-state index >= 15 is 0 Å². The van der Waals surface area contributed by atoms with E-state index in [4.69, 9.17) is 4.74 Å². The van der Waals surface area contributed by atoms with Crippen molar-refractivity contribution in [2.75, 3.05) is 6.54 Å². The number of nitrogens with one attached hydrogen (secondary N) is 1. The van der Waals surface area contributed by atoms with Crippen LogP contribution < -0.4 is 10.1 Å². The third-order valence-electron chi connectivity index (χ3n) is 3.93. The Balaban J connectivity index is 1.99. The van der Waals surface area contributed by atoms with Gasteiger partial charge in [-0.3, -0.25) is 4.79 Å². The molecule has 0 atom stereocenters. The molecule has 0 radical (unpaired) electrons. The van der Waals surface area contributed by atoms with E-state index in [0.717, 1.165) is 11.1 Å². The third-order valence-corrected chi connectivity index (χ3v) is 3.93. The van der Waals surface area contributed by atoms with Crippen LogP contribution in [0, 0.1) is 11.3 Å². The van der Waals surface area contributed by atoms with Gasteiger partial charge in [-0.05, 0) is 62.1 Å². The summed E-state index contributed by atoms with van der Waals surface area (Å²) >= 11 is 0. The van der Waals surface area contributed by atoms with Crippen LogP contribution in [0.5, 0.6) is 11.5 Å². The molecule has 2 N–H and O–H groups in total. The number of allylic oxidation sites excluding steroid dienone is 1. The van der Waals surface area contributed by atoms with Crippen LogP contribution in [-0.4, -0.2) is 23.7 Å². The van der Waals surface area contributed by atoms with Gasteiger partial charge in [-0.1, -0.05) is 18.2 Å². The van der Waals surface area contributed by atoms with Gasteiger partial charge in [-0.25, -0.2) is 0 Å². The zero-order valence-electron chi connectivity index (χ0n) is 15.7. The van der Waals surface area contributed by atoms with E-state index in [1.54, 1.807) is 24.3 Å². The number of phenols is 1. The van der Waals surface area contributed by atoms with Crippen LogP contribution in [0.2, 0.25) is 0 Å². The summed E-state index contributed by atoms with van der Waals surface area (Å²) in [5.74, 6) is 0.478. The van der Waals surface area contributed by atoms with Gasteiger partial charge in [0.05, 0.1) is 11.7 Å².